The number of hydrogen-bond acceptors (Lipinski definition) is 4. The minimum Gasteiger partial charge on any atom is -0.478 e. The fraction of sp³-hybridized carbons (Fsp3) is 0.385. The molecule has 0 aliphatic rings. The van der Waals surface area contributed by atoms with E-state index in [0.29, 0.717) is 30.4 Å². The Bertz CT molecular complexity index is 479. The van der Waals surface area contributed by atoms with Gasteiger partial charge in [0, 0.05) is 37.3 Å². The molecule has 0 saturated heterocycles. The van der Waals surface area contributed by atoms with Crippen molar-refractivity contribution >= 4 is 29.2 Å². The maximum absolute atomic E-state index is 11.4. The molecule has 0 aliphatic carbocycles. The zero-order valence-corrected chi connectivity index (χ0v) is 11.9. The lowest BCUT2D eigenvalue weighted by molar-refractivity contribution is -0.121. The molecule has 0 aliphatic heterocycles. The topological polar surface area (TPSA) is 87.7 Å². The van der Waals surface area contributed by atoms with Gasteiger partial charge in [-0.05, 0) is 18.2 Å². The van der Waals surface area contributed by atoms with Gasteiger partial charge in [-0.3, -0.25) is 4.79 Å². The molecular formula is C13H17ClN2O4. The van der Waals surface area contributed by atoms with Gasteiger partial charge in [-0.15, -0.1) is 0 Å². The highest BCUT2D eigenvalue weighted by Gasteiger charge is 2.10. The zero-order chi connectivity index (χ0) is 15.0. The molecule has 0 spiro atoms. The molecule has 7 heteroatoms. The first-order chi connectivity index (χ1) is 9.54. The molecule has 20 heavy (non-hydrogen) atoms. The monoisotopic (exact) mass is 300 g/mol. The summed E-state index contributed by atoms with van der Waals surface area (Å²) in [6.45, 7) is 1.25. The molecule has 0 saturated carbocycles. The van der Waals surface area contributed by atoms with Crippen LogP contribution in [0.3, 0.4) is 0 Å². The number of carboxylic acid groups (broad SMARTS) is 1. The van der Waals surface area contributed by atoms with E-state index in [2.05, 4.69) is 10.6 Å². The molecule has 1 rings (SSSR count). The number of methoxy groups -OCH3 is 1. The van der Waals surface area contributed by atoms with Crippen molar-refractivity contribution in [3.05, 3.63) is 28.8 Å². The van der Waals surface area contributed by atoms with E-state index in [4.69, 9.17) is 21.4 Å². The van der Waals surface area contributed by atoms with Gasteiger partial charge in [-0.2, -0.15) is 0 Å². The summed E-state index contributed by atoms with van der Waals surface area (Å²) in [6.07, 6.45) is 0.241. The van der Waals surface area contributed by atoms with Gasteiger partial charge in [-0.1, -0.05) is 11.6 Å². The summed E-state index contributed by atoms with van der Waals surface area (Å²) < 4.78 is 4.81. The van der Waals surface area contributed by atoms with Crippen molar-refractivity contribution in [3.8, 4) is 0 Å². The number of aromatic carboxylic acids is 1. The molecule has 110 valence electrons. The van der Waals surface area contributed by atoms with Crippen LogP contribution in [0.5, 0.6) is 0 Å². The summed E-state index contributed by atoms with van der Waals surface area (Å²) in [6, 6.07) is 4.54. The molecule has 3 N–H and O–H groups in total. The van der Waals surface area contributed by atoms with E-state index in [0.717, 1.165) is 0 Å². The fourth-order valence-electron chi connectivity index (χ4n) is 1.54. The minimum absolute atomic E-state index is 0.0808. The van der Waals surface area contributed by atoms with Crippen molar-refractivity contribution in [2.45, 2.75) is 6.42 Å². The molecule has 0 fully saturated rings. The quantitative estimate of drug-likeness (QED) is 0.635. The van der Waals surface area contributed by atoms with Crippen LogP contribution in [0, 0.1) is 0 Å². The number of ether oxygens (including phenoxy) is 1. The summed E-state index contributed by atoms with van der Waals surface area (Å²) in [5.74, 6) is -1.19. The van der Waals surface area contributed by atoms with Gasteiger partial charge in [0.05, 0.1) is 12.2 Å². The first-order valence-corrected chi connectivity index (χ1v) is 6.44. The lowest BCUT2D eigenvalue weighted by atomic mass is 10.1. The van der Waals surface area contributed by atoms with E-state index in [1.165, 1.54) is 6.07 Å². The highest BCUT2D eigenvalue weighted by Crippen LogP contribution is 2.20. The summed E-state index contributed by atoms with van der Waals surface area (Å²) in [5, 5.41) is 15.0. The van der Waals surface area contributed by atoms with Crippen LogP contribution in [-0.4, -0.2) is 43.8 Å². The van der Waals surface area contributed by atoms with Crippen molar-refractivity contribution < 1.29 is 19.4 Å². The Balaban J connectivity index is 2.46. The second-order valence-electron chi connectivity index (χ2n) is 4.01. The van der Waals surface area contributed by atoms with Crippen LogP contribution in [-0.2, 0) is 9.53 Å². The third kappa shape index (κ3) is 5.46. The Kier molecular flexibility index (Phi) is 6.83. The Morgan fingerprint density at radius 1 is 1.35 bits per heavy atom. The third-order valence-electron chi connectivity index (χ3n) is 2.51. The maximum atomic E-state index is 11.4. The van der Waals surface area contributed by atoms with Gasteiger partial charge in [0.1, 0.15) is 0 Å². The molecule has 0 heterocycles. The smallest absolute Gasteiger partial charge is 0.337 e. The third-order valence-corrected chi connectivity index (χ3v) is 2.74. The van der Waals surface area contributed by atoms with Crippen LogP contribution in [0.25, 0.3) is 0 Å². The second kappa shape index (κ2) is 8.39. The molecule has 0 unspecified atom stereocenters. The summed E-state index contributed by atoms with van der Waals surface area (Å²) in [7, 11) is 1.56. The number of carboxylic acids is 1. The lowest BCUT2D eigenvalue weighted by Crippen LogP contribution is -2.28. The van der Waals surface area contributed by atoms with Gasteiger partial charge in [0.15, 0.2) is 0 Å². The molecule has 0 aromatic heterocycles. The largest absolute Gasteiger partial charge is 0.478 e. The normalized spacial score (nSPS) is 10.1. The summed E-state index contributed by atoms with van der Waals surface area (Å²) >= 11 is 5.75. The molecule has 6 nitrogen and oxygen atoms in total. The van der Waals surface area contributed by atoms with Crippen molar-refractivity contribution in [1.29, 1.82) is 0 Å². The molecule has 0 atom stereocenters. The van der Waals surface area contributed by atoms with Crippen LogP contribution in [0.1, 0.15) is 16.8 Å². The van der Waals surface area contributed by atoms with Crippen molar-refractivity contribution in [3.63, 3.8) is 0 Å². The number of hydrogen-bond donors (Lipinski definition) is 3. The van der Waals surface area contributed by atoms with Crippen LogP contribution in [0.4, 0.5) is 5.69 Å². The highest BCUT2D eigenvalue weighted by atomic mass is 35.5. The predicted molar refractivity (Wildman–Crippen MR) is 76.4 cm³/mol. The Morgan fingerprint density at radius 2 is 2.10 bits per heavy atom. The molecule has 1 amide bonds. The van der Waals surface area contributed by atoms with Gasteiger partial charge in [0.2, 0.25) is 5.91 Å². The lowest BCUT2D eigenvalue weighted by Gasteiger charge is -2.10. The average molecular weight is 301 g/mol. The first kappa shape index (κ1) is 16.3. The highest BCUT2D eigenvalue weighted by molar-refractivity contribution is 6.31. The molecule has 1 aromatic carbocycles. The fourth-order valence-corrected chi connectivity index (χ4v) is 1.71. The van der Waals surface area contributed by atoms with Crippen LogP contribution in [0.15, 0.2) is 18.2 Å². The van der Waals surface area contributed by atoms with E-state index in [1.807, 2.05) is 0 Å². The van der Waals surface area contributed by atoms with Crippen molar-refractivity contribution in [2.75, 3.05) is 32.1 Å². The number of carbonyl (C=O) groups is 2. The van der Waals surface area contributed by atoms with Gasteiger partial charge < -0.3 is 20.5 Å². The molecule has 0 bridgehead atoms. The summed E-state index contributed by atoms with van der Waals surface area (Å²) in [4.78, 5) is 22.5. The maximum Gasteiger partial charge on any atom is 0.337 e. The van der Waals surface area contributed by atoms with Gasteiger partial charge >= 0.3 is 5.97 Å². The average Bonchev–Trinajstić information content (AvgIpc) is 2.40. The van der Waals surface area contributed by atoms with E-state index < -0.39 is 5.97 Å². The van der Waals surface area contributed by atoms with E-state index in [-0.39, 0.29) is 17.9 Å². The van der Waals surface area contributed by atoms with E-state index in [9.17, 15) is 9.59 Å². The Morgan fingerprint density at radius 3 is 2.75 bits per heavy atom. The zero-order valence-electron chi connectivity index (χ0n) is 11.1. The predicted octanol–water partition coefficient (Wildman–Crippen LogP) is 1.60. The van der Waals surface area contributed by atoms with Crippen molar-refractivity contribution in [2.24, 2.45) is 0 Å². The Labute approximate surface area is 122 Å². The molecular weight excluding hydrogens is 284 g/mol. The Hall–Kier alpha value is -1.79. The number of halogens is 1. The van der Waals surface area contributed by atoms with E-state index >= 15 is 0 Å². The van der Waals surface area contributed by atoms with Crippen LogP contribution >= 0.6 is 11.6 Å². The number of rotatable bonds is 8. The SMILES string of the molecule is COCCNC(=O)CCNc1ccc(Cl)cc1C(=O)O. The molecule has 0 radical (unpaired) electrons. The van der Waals surface area contributed by atoms with E-state index in [1.54, 1.807) is 19.2 Å². The van der Waals surface area contributed by atoms with Crippen molar-refractivity contribution in [1.82, 2.24) is 5.32 Å². The molecule has 1 aromatic rings. The second-order valence-corrected chi connectivity index (χ2v) is 4.45. The summed E-state index contributed by atoms with van der Waals surface area (Å²) in [5.41, 5.74) is 0.517. The number of anilines is 1. The number of carbonyl (C=O) groups excluding carboxylic acids is 1. The van der Waals surface area contributed by atoms with Crippen LogP contribution < -0.4 is 10.6 Å². The van der Waals surface area contributed by atoms with Crippen LogP contribution in [0.2, 0.25) is 5.02 Å². The van der Waals surface area contributed by atoms with Gasteiger partial charge in [0.25, 0.3) is 0 Å². The first-order valence-electron chi connectivity index (χ1n) is 6.07. The number of amides is 1. The number of benzene rings is 1. The standard InChI is InChI=1S/C13H17ClN2O4/c1-20-7-6-16-12(17)4-5-15-11-3-2-9(14)8-10(11)13(18)19/h2-3,8,15H,4-7H2,1H3,(H,16,17)(H,18,19). The number of nitrogens with one attached hydrogen (secondary N) is 2. The van der Waals surface area contributed by atoms with Gasteiger partial charge in [-0.25, -0.2) is 4.79 Å². The minimum atomic E-state index is -1.07.